The van der Waals surface area contributed by atoms with E-state index in [2.05, 4.69) is 54.7 Å². The molecule has 0 bridgehead atoms. The zero-order valence-electron chi connectivity index (χ0n) is 31.7. The van der Waals surface area contributed by atoms with Crippen LogP contribution in [-0.2, 0) is 35.6 Å². The van der Waals surface area contributed by atoms with Crippen LogP contribution in [0.2, 0.25) is 0 Å². The van der Waals surface area contributed by atoms with Crippen LogP contribution in [0.5, 0.6) is 5.75 Å². The van der Waals surface area contributed by atoms with E-state index >= 15 is 0 Å². The van der Waals surface area contributed by atoms with Crippen molar-refractivity contribution in [2.75, 3.05) is 59.2 Å². The van der Waals surface area contributed by atoms with Crippen LogP contribution in [0.3, 0.4) is 0 Å². The molecule has 0 unspecified atom stereocenters. The molecule has 5 aromatic rings. The molecule has 2 aliphatic rings. The highest BCUT2D eigenvalue weighted by Crippen LogP contribution is 2.41. The number of rotatable bonds is 11. The van der Waals surface area contributed by atoms with Crippen LogP contribution in [0.15, 0.2) is 48.5 Å². The Morgan fingerprint density at radius 1 is 0.944 bits per heavy atom. The number of carbonyl (C=O) groups is 1. The van der Waals surface area contributed by atoms with Gasteiger partial charge in [-0.25, -0.2) is 9.18 Å². The van der Waals surface area contributed by atoms with Gasteiger partial charge in [-0.2, -0.15) is 5.10 Å². The quantitative estimate of drug-likeness (QED) is 0.131. The molecule has 54 heavy (non-hydrogen) atoms. The normalized spacial score (nSPS) is 14.8. The topological polar surface area (TPSA) is 103 Å². The van der Waals surface area contributed by atoms with Crippen LogP contribution in [0, 0.1) is 19.7 Å². The third kappa shape index (κ3) is 9.14. The van der Waals surface area contributed by atoms with Crippen molar-refractivity contribution in [3.63, 3.8) is 0 Å². The third-order valence-corrected chi connectivity index (χ3v) is 10.3. The highest BCUT2D eigenvalue weighted by Gasteiger charge is 2.28. The van der Waals surface area contributed by atoms with E-state index < -0.39 is 5.97 Å². The van der Waals surface area contributed by atoms with Gasteiger partial charge in [-0.3, -0.25) is 9.58 Å². The number of carboxylic acids is 1. The number of halogens is 1. The van der Waals surface area contributed by atoms with Gasteiger partial charge in [-0.05, 0) is 93.4 Å². The average molecular weight is 744 g/mol. The first-order chi connectivity index (χ1) is 25.8. The van der Waals surface area contributed by atoms with Gasteiger partial charge in [0.25, 0.3) is 0 Å². The lowest BCUT2D eigenvalue weighted by Gasteiger charge is -2.26. The Hall–Kier alpha value is -4.29. The summed E-state index contributed by atoms with van der Waals surface area (Å²) in [6, 6.07) is 14.5. The monoisotopic (exact) mass is 743 g/mol. The Kier molecular flexibility index (Phi) is 14.6. The number of nitrogens with zero attached hydrogens (tertiary/aromatic N) is 4. The molecule has 1 fully saturated rings. The fraction of sp³-hybridized carbons (Fsp3) is 0.488. The maximum atomic E-state index is 13.8. The summed E-state index contributed by atoms with van der Waals surface area (Å²) in [7, 11) is 0. The fourth-order valence-corrected chi connectivity index (χ4v) is 7.64. The van der Waals surface area contributed by atoms with Gasteiger partial charge in [-0.1, -0.05) is 45.5 Å². The van der Waals surface area contributed by atoms with Crippen LogP contribution in [-0.4, -0.2) is 89.5 Å². The standard InChI is InChI=1S/C38H43FN4O5.C4H11N.CH4/c1-25-10-12-31-30(8-6-20-48-33-9-5-7-27-23-28(39)11-13-29(27)33)37(38(44)45)42-14-3-4-19-47-24-32-35(34(25)36(31)42)26(2)43(40-32)16-15-41-17-21-46-22-18-41;1-3-5-4-2;/h5,7,9-13,23H,3-4,6,8,14-22,24H2,1-2H3,(H,44,45);5H,3-4H2,1-2H3;1H4. The number of carboxylic acid groups (broad SMARTS) is 1. The van der Waals surface area contributed by atoms with Gasteiger partial charge in [0.15, 0.2) is 0 Å². The lowest BCUT2D eigenvalue weighted by atomic mass is 9.94. The first-order valence-corrected chi connectivity index (χ1v) is 19.2. The summed E-state index contributed by atoms with van der Waals surface area (Å²) in [6.45, 7) is 17.6. The zero-order chi connectivity index (χ0) is 37.3. The minimum atomic E-state index is -0.925. The van der Waals surface area contributed by atoms with E-state index in [9.17, 15) is 14.3 Å². The molecule has 0 amide bonds. The van der Waals surface area contributed by atoms with Crippen molar-refractivity contribution >= 4 is 27.6 Å². The summed E-state index contributed by atoms with van der Waals surface area (Å²) in [6.07, 6.45) is 2.79. The lowest BCUT2D eigenvalue weighted by molar-refractivity contribution is 0.0358. The van der Waals surface area contributed by atoms with Crippen LogP contribution >= 0.6 is 0 Å². The summed E-state index contributed by atoms with van der Waals surface area (Å²) in [4.78, 5) is 15.5. The number of nitrogens with one attached hydrogen (secondary N) is 1. The van der Waals surface area contributed by atoms with E-state index in [0.717, 1.165) is 121 Å². The van der Waals surface area contributed by atoms with Gasteiger partial charge >= 0.3 is 5.97 Å². The molecule has 4 heterocycles. The summed E-state index contributed by atoms with van der Waals surface area (Å²) in [5, 5.41) is 21.5. The molecule has 10 nitrogen and oxygen atoms in total. The van der Waals surface area contributed by atoms with Crippen molar-refractivity contribution in [1.29, 1.82) is 0 Å². The summed E-state index contributed by atoms with van der Waals surface area (Å²) in [5.74, 6) is -0.518. The number of aryl methyl sites for hydroxylation is 3. The van der Waals surface area contributed by atoms with Gasteiger partial charge in [0.1, 0.15) is 17.3 Å². The number of aromatic nitrogens is 3. The molecular weight excluding hydrogens is 686 g/mol. The smallest absolute Gasteiger partial charge is 0.352 e. The molecule has 1 saturated heterocycles. The Morgan fingerprint density at radius 3 is 2.46 bits per heavy atom. The molecule has 2 aliphatic heterocycles. The molecule has 0 spiro atoms. The second-order valence-corrected chi connectivity index (χ2v) is 13.8. The van der Waals surface area contributed by atoms with Crippen molar-refractivity contribution in [1.82, 2.24) is 24.6 Å². The molecule has 0 saturated carbocycles. The number of morpholine rings is 1. The predicted octanol–water partition coefficient (Wildman–Crippen LogP) is 8.02. The number of fused-ring (bicyclic) bond motifs is 3. The second kappa shape index (κ2) is 19.3. The Labute approximate surface area is 319 Å². The maximum Gasteiger partial charge on any atom is 0.352 e. The third-order valence-electron chi connectivity index (χ3n) is 10.3. The molecule has 7 rings (SSSR count). The predicted molar refractivity (Wildman–Crippen MR) is 214 cm³/mol. The summed E-state index contributed by atoms with van der Waals surface area (Å²) in [5.41, 5.74) is 7.24. The molecule has 2 aromatic heterocycles. The summed E-state index contributed by atoms with van der Waals surface area (Å²) < 4.78 is 35.8. The minimum absolute atomic E-state index is 0. The van der Waals surface area contributed by atoms with Crippen molar-refractivity contribution in [2.24, 2.45) is 0 Å². The van der Waals surface area contributed by atoms with Crippen LogP contribution in [0.25, 0.3) is 32.8 Å². The molecule has 292 valence electrons. The molecule has 11 heteroatoms. The highest BCUT2D eigenvalue weighted by molar-refractivity contribution is 6.05. The Morgan fingerprint density at radius 2 is 1.72 bits per heavy atom. The zero-order valence-corrected chi connectivity index (χ0v) is 31.7. The number of ether oxygens (including phenoxy) is 3. The van der Waals surface area contributed by atoms with E-state index in [1.165, 1.54) is 12.1 Å². The van der Waals surface area contributed by atoms with Crippen molar-refractivity contribution in [2.45, 2.75) is 80.5 Å². The Balaban J connectivity index is 0.000000878. The number of benzene rings is 3. The van der Waals surface area contributed by atoms with Crippen LogP contribution in [0.4, 0.5) is 4.39 Å². The number of hydrogen-bond donors (Lipinski definition) is 2. The van der Waals surface area contributed by atoms with E-state index in [-0.39, 0.29) is 13.2 Å². The van der Waals surface area contributed by atoms with Crippen LogP contribution < -0.4 is 10.1 Å². The molecule has 0 aliphatic carbocycles. The number of hydrogen-bond acceptors (Lipinski definition) is 7. The van der Waals surface area contributed by atoms with Gasteiger partial charge in [0, 0.05) is 60.4 Å². The van der Waals surface area contributed by atoms with Crippen LogP contribution in [0.1, 0.15) is 73.5 Å². The highest BCUT2D eigenvalue weighted by atomic mass is 19.1. The molecule has 0 atom stereocenters. The van der Waals surface area contributed by atoms with E-state index in [1.807, 2.05) is 22.8 Å². The van der Waals surface area contributed by atoms with Gasteiger partial charge < -0.3 is 29.2 Å². The number of aromatic carboxylic acids is 1. The first-order valence-electron chi connectivity index (χ1n) is 19.2. The van der Waals surface area contributed by atoms with Crippen molar-refractivity contribution in [3.8, 4) is 16.9 Å². The van der Waals surface area contributed by atoms with E-state index in [4.69, 9.17) is 19.3 Å². The molecule has 2 N–H and O–H groups in total. The molecule has 3 aromatic carbocycles. The summed E-state index contributed by atoms with van der Waals surface area (Å²) >= 11 is 0. The SMILES string of the molecule is C.CCNCC.Cc1ccc2c(CCCOc3cccc4cc(F)ccc34)c(C(=O)O)n3c2c1-c1c(nn(CCN2CCOCC2)c1C)COCCCC3. The van der Waals surface area contributed by atoms with E-state index in [1.54, 1.807) is 6.07 Å². The van der Waals surface area contributed by atoms with Gasteiger partial charge in [0.2, 0.25) is 0 Å². The van der Waals surface area contributed by atoms with Crippen molar-refractivity contribution in [3.05, 3.63) is 82.6 Å². The average Bonchev–Trinajstić information content (AvgIpc) is 3.63. The fourth-order valence-electron chi connectivity index (χ4n) is 7.64. The van der Waals surface area contributed by atoms with Gasteiger partial charge in [0.05, 0.1) is 44.2 Å². The molecule has 0 radical (unpaired) electrons. The van der Waals surface area contributed by atoms with Gasteiger partial charge in [-0.15, -0.1) is 0 Å². The van der Waals surface area contributed by atoms with Crippen molar-refractivity contribution < 1.29 is 28.5 Å². The lowest BCUT2D eigenvalue weighted by Crippen LogP contribution is -2.38. The minimum Gasteiger partial charge on any atom is -0.493 e. The van der Waals surface area contributed by atoms with E-state index in [0.29, 0.717) is 50.7 Å². The Bertz CT molecular complexity index is 2010. The largest absolute Gasteiger partial charge is 0.493 e. The molecular formula is C43H58FN5O5. The first kappa shape index (κ1) is 40.9. The maximum absolute atomic E-state index is 13.8. The second-order valence-electron chi connectivity index (χ2n) is 13.8.